The molecule has 0 bridgehead atoms. The molecule has 0 heterocycles. The molecule has 2 nitrogen and oxygen atoms in total. The molecular weight excluding hydrogens is 168 g/mol. The average molecular weight is 178 g/mol. The van der Waals surface area contributed by atoms with Crippen molar-refractivity contribution in [3.05, 3.63) is 54.3 Å². The van der Waals surface area contributed by atoms with Gasteiger partial charge in [-0.3, -0.25) is 0 Å². The lowest BCUT2D eigenvalue weighted by molar-refractivity contribution is -0.138. The van der Waals surface area contributed by atoms with Gasteiger partial charge in [-0.15, -0.1) is 5.73 Å². The first-order chi connectivity index (χ1) is 6.33. The van der Waals surface area contributed by atoms with E-state index in [-0.39, 0.29) is 6.61 Å². The first-order valence-corrected chi connectivity index (χ1v) is 3.89. The Hall–Kier alpha value is -1.79. The Bertz CT molecular complexity index is 321. The van der Waals surface area contributed by atoms with Gasteiger partial charge in [-0.2, -0.15) is 0 Å². The molecule has 0 amide bonds. The fourth-order valence-electron chi connectivity index (χ4n) is 0.854. The van der Waals surface area contributed by atoms with Gasteiger partial charge in [-0.25, -0.2) is 4.79 Å². The van der Waals surface area contributed by atoms with Crippen LogP contribution in [0.4, 0.5) is 0 Å². The zero-order valence-electron chi connectivity index (χ0n) is 7.19. The zero-order valence-corrected chi connectivity index (χ0v) is 7.19. The molecule has 0 fully saturated rings. The number of hydrogen-bond donors (Lipinski definition) is 0. The van der Waals surface area contributed by atoms with Gasteiger partial charge in [0.25, 0.3) is 0 Å². The molecule has 0 spiro atoms. The lowest BCUT2D eigenvalue weighted by atomic mass is 10.2. The minimum absolute atomic E-state index is 0.290. The van der Waals surface area contributed by atoms with Crippen molar-refractivity contribution in [3.8, 4) is 0 Å². The maximum atomic E-state index is 10.8. The molecule has 0 aliphatic heterocycles. The Kier molecular flexibility index (Phi) is 3.55. The van der Waals surface area contributed by atoms with Crippen LogP contribution in [0.2, 0.25) is 0 Å². The SMILES string of the molecule is [13CH2]=[13C]=[13CH][13C](=O)OCc1ccccc1. The third-order valence-corrected chi connectivity index (χ3v) is 1.44. The summed E-state index contributed by atoms with van der Waals surface area (Å²) in [6.07, 6.45) is 1.17. The second-order valence-corrected chi connectivity index (χ2v) is 2.44. The largest absolute Gasteiger partial charge is 0.457 e. The van der Waals surface area contributed by atoms with Crippen LogP contribution in [-0.4, -0.2) is 5.97 Å². The molecule has 0 N–H and O–H groups in total. The second kappa shape index (κ2) is 4.96. The Morgan fingerprint density at radius 3 is 2.77 bits per heavy atom. The summed E-state index contributed by atoms with van der Waals surface area (Å²) in [5, 5.41) is 0. The number of benzene rings is 1. The van der Waals surface area contributed by atoms with E-state index < -0.39 is 5.97 Å². The Labute approximate surface area is 77.2 Å². The van der Waals surface area contributed by atoms with Crippen LogP contribution in [0.5, 0.6) is 0 Å². The number of esters is 1. The van der Waals surface area contributed by atoms with Crippen molar-refractivity contribution in [1.82, 2.24) is 0 Å². The molecule has 0 atom stereocenters. The summed E-state index contributed by atoms with van der Waals surface area (Å²) < 4.78 is 4.87. The van der Waals surface area contributed by atoms with E-state index in [4.69, 9.17) is 4.74 Å². The van der Waals surface area contributed by atoms with Crippen LogP contribution in [0, 0.1) is 0 Å². The van der Waals surface area contributed by atoms with Crippen molar-refractivity contribution < 1.29 is 9.53 Å². The molecule has 1 aromatic carbocycles. The second-order valence-electron chi connectivity index (χ2n) is 2.44. The number of carbonyl (C=O) groups is 1. The molecule has 0 aliphatic carbocycles. The lowest BCUT2D eigenvalue weighted by Gasteiger charge is -2.00. The smallest absolute Gasteiger partial charge is 0.338 e. The molecule has 0 aromatic heterocycles. The first kappa shape index (κ1) is 9.30. The highest BCUT2D eigenvalue weighted by molar-refractivity contribution is 5.81. The molecule has 0 radical (unpaired) electrons. The average Bonchev–Trinajstić information content (AvgIpc) is 2.17. The summed E-state index contributed by atoms with van der Waals surface area (Å²) in [6.45, 7) is 3.56. The number of carbonyl (C=O) groups excluding carboxylic acids is 1. The minimum Gasteiger partial charge on any atom is -0.457 e. The van der Waals surface area contributed by atoms with Gasteiger partial charge in [0, 0.05) is 0 Å². The van der Waals surface area contributed by atoms with Crippen LogP contribution >= 0.6 is 0 Å². The molecule has 0 saturated carbocycles. The fraction of sp³-hybridized carbons (Fsp3) is 0.0909. The lowest BCUT2D eigenvalue weighted by Crippen LogP contribution is -1.99. The normalized spacial score (nSPS) is 8.62. The van der Waals surface area contributed by atoms with Gasteiger partial charge >= 0.3 is 5.97 Å². The van der Waals surface area contributed by atoms with E-state index in [0.717, 1.165) is 5.56 Å². The van der Waals surface area contributed by atoms with Crippen molar-refractivity contribution in [1.29, 1.82) is 0 Å². The molecular formula is C11H10O2. The van der Waals surface area contributed by atoms with Crippen molar-refractivity contribution in [3.63, 3.8) is 0 Å². The third-order valence-electron chi connectivity index (χ3n) is 1.44. The van der Waals surface area contributed by atoms with Crippen LogP contribution in [0.15, 0.2) is 48.7 Å². The molecule has 0 aliphatic rings. The fourth-order valence-corrected chi connectivity index (χ4v) is 0.854. The number of hydrogen-bond acceptors (Lipinski definition) is 2. The summed E-state index contributed by atoms with van der Waals surface area (Å²) in [4.78, 5) is 10.8. The van der Waals surface area contributed by atoms with E-state index in [2.05, 4.69) is 12.3 Å². The molecule has 0 saturated heterocycles. The van der Waals surface area contributed by atoms with Crippen molar-refractivity contribution in [2.45, 2.75) is 6.61 Å². The van der Waals surface area contributed by atoms with Crippen molar-refractivity contribution in [2.24, 2.45) is 0 Å². The summed E-state index contributed by atoms with van der Waals surface area (Å²) in [6, 6.07) is 9.49. The minimum atomic E-state index is -0.418. The summed E-state index contributed by atoms with van der Waals surface area (Å²) in [5.41, 5.74) is 3.32. The van der Waals surface area contributed by atoms with E-state index in [0.29, 0.717) is 0 Å². The first-order valence-electron chi connectivity index (χ1n) is 3.89. The molecule has 0 unspecified atom stereocenters. The van der Waals surface area contributed by atoms with E-state index in [1.54, 1.807) is 0 Å². The van der Waals surface area contributed by atoms with E-state index in [9.17, 15) is 4.79 Å². The molecule has 13 heavy (non-hydrogen) atoms. The number of rotatable bonds is 3. The highest BCUT2D eigenvalue weighted by atomic mass is 16.6. The highest BCUT2D eigenvalue weighted by Crippen LogP contribution is 2.00. The van der Waals surface area contributed by atoms with Gasteiger partial charge in [0.2, 0.25) is 0 Å². The van der Waals surface area contributed by atoms with Gasteiger partial charge in [0.1, 0.15) is 6.61 Å². The van der Waals surface area contributed by atoms with E-state index in [1.165, 1.54) is 6.08 Å². The van der Waals surface area contributed by atoms with E-state index >= 15 is 0 Å². The van der Waals surface area contributed by atoms with E-state index in [1.807, 2.05) is 30.3 Å². The Balaban J connectivity index is 2.44. The topological polar surface area (TPSA) is 26.3 Å². The van der Waals surface area contributed by atoms with Gasteiger partial charge in [-0.1, -0.05) is 36.9 Å². The van der Waals surface area contributed by atoms with Gasteiger partial charge in [0.15, 0.2) is 0 Å². The molecule has 1 rings (SSSR count). The zero-order chi connectivity index (χ0) is 9.52. The van der Waals surface area contributed by atoms with Gasteiger partial charge < -0.3 is 4.74 Å². The Morgan fingerprint density at radius 1 is 1.46 bits per heavy atom. The summed E-state index contributed by atoms with van der Waals surface area (Å²) in [7, 11) is 0. The monoisotopic (exact) mass is 178 g/mol. The van der Waals surface area contributed by atoms with Crippen LogP contribution < -0.4 is 0 Å². The van der Waals surface area contributed by atoms with Crippen LogP contribution in [0.25, 0.3) is 0 Å². The predicted octanol–water partition coefficient (Wildman–Crippen LogP) is 2.07. The summed E-state index contributed by atoms with van der Waals surface area (Å²) in [5.74, 6) is -0.418. The van der Waals surface area contributed by atoms with Crippen LogP contribution in [0.1, 0.15) is 5.56 Å². The number of ether oxygens (including phenoxy) is 1. The van der Waals surface area contributed by atoms with Crippen LogP contribution in [-0.2, 0) is 16.1 Å². The molecule has 66 valence electrons. The van der Waals surface area contributed by atoms with Crippen molar-refractivity contribution >= 4 is 5.97 Å². The van der Waals surface area contributed by atoms with Gasteiger partial charge in [-0.05, 0) is 5.56 Å². The molecule has 2 heteroatoms. The Morgan fingerprint density at radius 2 is 2.15 bits per heavy atom. The van der Waals surface area contributed by atoms with Gasteiger partial charge in [0.05, 0.1) is 6.08 Å². The maximum Gasteiger partial charge on any atom is 0.338 e. The quantitative estimate of drug-likeness (QED) is 0.306. The predicted molar refractivity (Wildman–Crippen MR) is 49.9 cm³/mol. The highest BCUT2D eigenvalue weighted by Gasteiger charge is 1.96. The molecule has 1 aromatic rings. The summed E-state index contributed by atoms with van der Waals surface area (Å²) >= 11 is 0. The maximum absolute atomic E-state index is 10.8. The third kappa shape index (κ3) is 3.41. The van der Waals surface area contributed by atoms with Crippen LogP contribution in [0.3, 0.4) is 0 Å². The standard InChI is InChI=1S/C11H10O2/c1-2-6-11(12)13-9-10-7-4-3-5-8-10/h3-8H,1,9H2/i1+1,2+1,6+1,11+1. The van der Waals surface area contributed by atoms with Crippen molar-refractivity contribution in [2.75, 3.05) is 0 Å².